The third-order valence-corrected chi connectivity index (χ3v) is 3.70. The number of aliphatic hydroxyl groups is 1. The number of nitrogens with zero attached hydrogens (tertiary/aromatic N) is 1. The first-order valence-electron chi connectivity index (χ1n) is 6.87. The summed E-state index contributed by atoms with van der Waals surface area (Å²) in [6.45, 7) is 1.22. The number of carboxylic acid groups (broad SMARTS) is 1. The van der Waals surface area contributed by atoms with Crippen LogP contribution in [0.3, 0.4) is 0 Å². The second-order valence-electron chi connectivity index (χ2n) is 5.14. The Labute approximate surface area is 129 Å². The van der Waals surface area contributed by atoms with Crippen molar-refractivity contribution in [1.82, 2.24) is 5.06 Å². The van der Waals surface area contributed by atoms with E-state index in [1.807, 2.05) is 48.5 Å². The lowest BCUT2D eigenvalue weighted by Gasteiger charge is -2.36. The molecule has 116 valence electrons. The van der Waals surface area contributed by atoms with Gasteiger partial charge in [0, 0.05) is 0 Å². The molecule has 0 aliphatic rings. The SMILES string of the molecule is CON(C(=O)O)C(C)(CO)c1cccc(-c2ccccc2)c1. The second kappa shape index (κ2) is 6.60. The van der Waals surface area contributed by atoms with Gasteiger partial charge in [-0.25, -0.2) is 4.79 Å². The van der Waals surface area contributed by atoms with Crippen LogP contribution in [0.25, 0.3) is 11.1 Å². The normalized spacial score (nSPS) is 13.4. The molecule has 5 heteroatoms. The highest BCUT2D eigenvalue weighted by Crippen LogP contribution is 2.31. The zero-order valence-electron chi connectivity index (χ0n) is 12.6. The minimum absolute atomic E-state index is 0.397. The van der Waals surface area contributed by atoms with E-state index in [4.69, 9.17) is 4.84 Å². The Kier molecular flexibility index (Phi) is 4.80. The average Bonchev–Trinajstić information content (AvgIpc) is 2.56. The van der Waals surface area contributed by atoms with E-state index in [9.17, 15) is 15.0 Å². The van der Waals surface area contributed by atoms with Gasteiger partial charge in [0.1, 0.15) is 5.54 Å². The lowest BCUT2D eigenvalue weighted by atomic mass is 9.90. The first-order valence-corrected chi connectivity index (χ1v) is 6.87. The molecule has 1 amide bonds. The number of carbonyl (C=O) groups is 1. The summed E-state index contributed by atoms with van der Waals surface area (Å²) >= 11 is 0. The number of hydrogen-bond acceptors (Lipinski definition) is 3. The highest BCUT2D eigenvalue weighted by Gasteiger charge is 2.38. The van der Waals surface area contributed by atoms with Crippen LogP contribution in [0.15, 0.2) is 54.6 Å². The van der Waals surface area contributed by atoms with Gasteiger partial charge in [0.15, 0.2) is 0 Å². The van der Waals surface area contributed by atoms with Crippen molar-refractivity contribution in [3.05, 3.63) is 60.2 Å². The first-order chi connectivity index (χ1) is 10.5. The molecule has 0 fully saturated rings. The van der Waals surface area contributed by atoms with Crippen LogP contribution >= 0.6 is 0 Å². The van der Waals surface area contributed by atoms with Crippen LogP contribution < -0.4 is 0 Å². The summed E-state index contributed by atoms with van der Waals surface area (Å²) in [5.41, 5.74) is 1.43. The Bertz CT molecular complexity index is 644. The van der Waals surface area contributed by atoms with Crippen molar-refractivity contribution in [3.8, 4) is 11.1 Å². The molecule has 0 aromatic heterocycles. The highest BCUT2D eigenvalue weighted by molar-refractivity contribution is 5.67. The molecule has 0 radical (unpaired) electrons. The van der Waals surface area contributed by atoms with E-state index in [0.29, 0.717) is 5.56 Å². The van der Waals surface area contributed by atoms with Crippen LogP contribution in [0.1, 0.15) is 12.5 Å². The fourth-order valence-corrected chi connectivity index (χ4v) is 2.43. The lowest BCUT2D eigenvalue weighted by Crippen LogP contribution is -2.48. The van der Waals surface area contributed by atoms with Gasteiger partial charge < -0.3 is 10.2 Å². The zero-order valence-corrected chi connectivity index (χ0v) is 12.6. The van der Waals surface area contributed by atoms with Gasteiger partial charge in [-0.15, -0.1) is 0 Å². The van der Waals surface area contributed by atoms with Gasteiger partial charge in [0.25, 0.3) is 0 Å². The van der Waals surface area contributed by atoms with Crippen molar-refractivity contribution >= 4 is 6.09 Å². The van der Waals surface area contributed by atoms with Gasteiger partial charge in [-0.1, -0.05) is 48.5 Å². The molecule has 2 N–H and O–H groups in total. The summed E-state index contributed by atoms with van der Waals surface area (Å²) in [5, 5.41) is 19.8. The fourth-order valence-electron chi connectivity index (χ4n) is 2.43. The van der Waals surface area contributed by atoms with Crippen LogP contribution in [0.2, 0.25) is 0 Å². The van der Waals surface area contributed by atoms with E-state index in [1.54, 1.807) is 13.0 Å². The highest BCUT2D eigenvalue weighted by atomic mass is 16.7. The minimum atomic E-state index is -1.26. The third kappa shape index (κ3) is 2.95. The second-order valence-corrected chi connectivity index (χ2v) is 5.14. The molecule has 2 aromatic carbocycles. The molecule has 2 rings (SSSR count). The summed E-state index contributed by atoms with van der Waals surface area (Å²) in [6, 6.07) is 17.2. The smallest absolute Gasteiger partial charge is 0.432 e. The molecule has 22 heavy (non-hydrogen) atoms. The van der Waals surface area contributed by atoms with Gasteiger partial charge in [0.05, 0.1) is 13.7 Å². The molecule has 0 bridgehead atoms. The summed E-state index contributed by atoms with van der Waals surface area (Å²) in [6.07, 6.45) is -1.26. The summed E-state index contributed by atoms with van der Waals surface area (Å²) in [7, 11) is 1.27. The van der Waals surface area contributed by atoms with Crippen molar-refractivity contribution in [2.24, 2.45) is 0 Å². The molecular weight excluding hydrogens is 282 g/mol. The van der Waals surface area contributed by atoms with Crippen LogP contribution in [0.5, 0.6) is 0 Å². The van der Waals surface area contributed by atoms with Crippen LogP contribution in [0, 0.1) is 0 Å². The molecule has 1 atom stereocenters. The minimum Gasteiger partial charge on any atom is -0.463 e. The molecule has 0 saturated carbocycles. The van der Waals surface area contributed by atoms with Gasteiger partial charge >= 0.3 is 6.09 Å². The number of benzene rings is 2. The molecule has 5 nitrogen and oxygen atoms in total. The number of hydrogen-bond donors (Lipinski definition) is 2. The summed E-state index contributed by atoms with van der Waals surface area (Å²) in [5.74, 6) is 0. The Morgan fingerprint density at radius 2 is 1.77 bits per heavy atom. The predicted molar refractivity (Wildman–Crippen MR) is 83.2 cm³/mol. The fraction of sp³-hybridized carbons (Fsp3) is 0.235. The lowest BCUT2D eigenvalue weighted by molar-refractivity contribution is -0.181. The molecule has 0 spiro atoms. The Hall–Kier alpha value is -2.37. The van der Waals surface area contributed by atoms with E-state index in [-0.39, 0.29) is 0 Å². The number of amides is 1. The summed E-state index contributed by atoms with van der Waals surface area (Å²) < 4.78 is 0. The molecular formula is C17H19NO4. The summed E-state index contributed by atoms with van der Waals surface area (Å²) in [4.78, 5) is 16.3. The zero-order chi connectivity index (χ0) is 16.2. The Morgan fingerprint density at radius 1 is 1.14 bits per heavy atom. The van der Waals surface area contributed by atoms with Crippen molar-refractivity contribution < 1.29 is 19.8 Å². The molecule has 0 saturated heterocycles. The van der Waals surface area contributed by atoms with Crippen molar-refractivity contribution in [1.29, 1.82) is 0 Å². The molecule has 2 aromatic rings. The van der Waals surface area contributed by atoms with Crippen LogP contribution in [-0.4, -0.2) is 35.1 Å². The van der Waals surface area contributed by atoms with Crippen molar-refractivity contribution in [2.75, 3.05) is 13.7 Å². The van der Waals surface area contributed by atoms with Crippen LogP contribution in [-0.2, 0) is 10.4 Å². The molecule has 1 unspecified atom stereocenters. The number of rotatable bonds is 5. The third-order valence-electron chi connectivity index (χ3n) is 3.70. The van der Waals surface area contributed by atoms with E-state index < -0.39 is 18.2 Å². The van der Waals surface area contributed by atoms with Gasteiger partial charge in [-0.2, -0.15) is 5.06 Å². The first kappa shape index (κ1) is 16.0. The molecule has 0 aliphatic carbocycles. The van der Waals surface area contributed by atoms with Crippen molar-refractivity contribution in [2.45, 2.75) is 12.5 Å². The van der Waals surface area contributed by atoms with E-state index in [1.165, 1.54) is 7.11 Å². The Morgan fingerprint density at radius 3 is 2.32 bits per heavy atom. The Balaban J connectivity index is 2.49. The number of aliphatic hydroxyl groups excluding tert-OH is 1. The molecule has 0 heterocycles. The predicted octanol–water partition coefficient (Wildman–Crippen LogP) is 3.10. The number of hydroxylamine groups is 2. The quantitative estimate of drug-likeness (QED) is 0.833. The van der Waals surface area contributed by atoms with E-state index in [2.05, 4.69) is 0 Å². The standard InChI is InChI=1S/C17H19NO4/c1-17(12-19,18(22-2)16(20)21)15-10-6-9-14(11-15)13-7-4-3-5-8-13/h3-11,19H,12H2,1-2H3,(H,20,21). The topological polar surface area (TPSA) is 70.0 Å². The van der Waals surface area contributed by atoms with E-state index in [0.717, 1.165) is 16.2 Å². The van der Waals surface area contributed by atoms with Crippen molar-refractivity contribution in [3.63, 3.8) is 0 Å². The maximum Gasteiger partial charge on any atom is 0.432 e. The average molecular weight is 301 g/mol. The maximum absolute atomic E-state index is 11.4. The van der Waals surface area contributed by atoms with Gasteiger partial charge in [0.2, 0.25) is 0 Å². The van der Waals surface area contributed by atoms with Crippen LogP contribution in [0.4, 0.5) is 4.79 Å². The largest absolute Gasteiger partial charge is 0.463 e. The van der Waals surface area contributed by atoms with Gasteiger partial charge in [-0.05, 0) is 29.7 Å². The van der Waals surface area contributed by atoms with Gasteiger partial charge in [-0.3, -0.25) is 4.84 Å². The maximum atomic E-state index is 11.4. The monoisotopic (exact) mass is 301 g/mol. The molecule has 0 aliphatic heterocycles. The van der Waals surface area contributed by atoms with E-state index >= 15 is 0 Å².